The zero-order chi connectivity index (χ0) is 13.7. The van der Waals surface area contributed by atoms with E-state index in [1.54, 1.807) is 0 Å². The van der Waals surface area contributed by atoms with Crippen LogP contribution in [0.1, 0.15) is 25.8 Å². The first-order valence-electron chi connectivity index (χ1n) is 6.81. The van der Waals surface area contributed by atoms with Crippen LogP contribution in [0.25, 0.3) is 0 Å². The van der Waals surface area contributed by atoms with Gasteiger partial charge in [0.1, 0.15) is 11.9 Å². The van der Waals surface area contributed by atoms with Crippen LogP contribution >= 0.6 is 0 Å². The maximum absolute atomic E-state index is 11.4. The lowest BCUT2D eigenvalue weighted by molar-refractivity contribution is -0.143. The number of hydrogen-bond acceptors (Lipinski definition) is 4. The Morgan fingerprint density at radius 1 is 1.47 bits per heavy atom. The monoisotopic (exact) mass is 263 g/mol. The fraction of sp³-hybridized carbons (Fsp3) is 0.533. The summed E-state index contributed by atoms with van der Waals surface area (Å²) in [7, 11) is 0. The van der Waals surface area contributed by atoms with Crippen molar-refractivity contribution in [3.8, 4) is 5.75 Å². The number of ether oxygens (including phenoxy) is 2. The normalized spacial score (nSPS) is 19.2. The molecule has 0 saturated carbocycles. The fourth-order valence-electron chi connectivity index (χ4n) is 2.33. The highest BCUT2D eigenvalue weighted by Crippen LogP contribution is 2.24. The summed E-state index contributed by atoms with van der Waals surface area (Å²) in [5.41, 5.74) is 1.18. The lowest BCUT2D eigenvalue weighted by Gasteiger charge is -2.21. The molecule has 0 aromatic heterocycles. The molecule has 4 nitrogen and oxygen atoms in total. The number of carbonyl (C=O) groups is 1. The molecule has 1 atom stereocenters. The molecule has 2 rings (SSSR count). The lowest BCUT2D eigenvalue weighted by atomic mass is 10.2. The molecule has 1 aliphatic rings. The van der Waals surface area contributed by atoms with Crippen molar-refractivity contribution in [3.63, 3.8) is 0 Å². The number of hydrogen-bond donors (Lipinski definition) is 0. The largest absolute Gasteiger partial charge is 0.489 e. The Balaban J connectivity index is 1.97. The standard InChI is InChI=1S/C15H21NO3/c1-3-18-15(17)8-9-16-10-12(2)19-14-7-5-4-6-13(14)11-16/h4-7,12H,3,8-11H2,1-2H3. The van der Waals surface area contributed by atoms with Gasteiger partial charge in [0.05, 0.1) is 13.0 Å². The van der Waals surface area contributed by atoms with E-state index in [0.29, 0.717) is 19.6 Å². The molecule has 1 unspecified atom stereocenters. The van der Waals surface area contributed by atoms with Crippen molar-refractivity contribution in [2.45, 2.75) is 32.9 Å². The Labute approximate surface area is 114 Å². The molecule has 1 aromatic carbocycles. The molecular weight excluding hydrogens is 242 g/mol. The van der Waals surface area contributed by atoms with Crippen LogP contribution in [0.3, 0.4) is 0 Å². The average Bonchev–Trinajstić information content (AvgIpc) is 2.54. The first kappa shape index (κ1) is 13.9. The third-order valence-electron chi connectivity index (χ3n) is 3.15. The maximum atomic E-state index is 11.4. The predicted octanol–water partition coefficient (Wildman–Crippen LogP) is 2.22. The van der Waals surface area contributed by atoms with E-state index < -0.39 is 0 Å². The van der Waals surface area contributed by atoms with Crippen LogP contribution in [0.4, 0.5) is 0 Å². The summed E-state index contributed by atoms with van der Waals surface area (Å²) in [6.07, 6.45) is 0.564. The minimum Gasteiger partial charge on any atom is -0.489 e. The number of esters is 1. The fourth-order valence-corrected chi connectivity index (χ4v) is 2.33. The number of rotatable bonds is 4. The van der Waals surface area contributed by atoms with Crippen LogP contribution in [0.15, 0.2) is 24.3 Å². The summed E-state index contributed by atoms with van der Waals surface area (Å²) >= 11 is 0. The second-order valence-electron chi connectivity index (χ2n) is 4.83. The molecule has 0 radical (unpaired) electrons. The minimum absolute atomic E-state index is 0.130. The molecule has 1 aliphatic heterocycles. The molecule has 0 bridgehead atoms. The van der Waals surface area contributed by atoms with Crippen LogP contribution in [0.2, 0.25) is 0 Å². The van der Waals surface area contributed by atoms with Gasteiger partial charge in [-0.1, -0.05) is 18.2 Å². The zero-order valence-corrected chi connectivity index (χ0v) is 11.6. The lowest BCUT2D eigenvalue weighted by Crippen LogP contribution is -2.32. The Hall–Kier alpha value is -1.55. The Kier molecular flexibility index (Phi) is 4.80. The minimum atomic E-state index is -0.131. The van der Waals surface area contributed by atoms with Crippen LogP contribution in [0, 0.1) is 0 Å². The van der Waals surface area contributed by atoms with E-state index >= 15 is 0 Å². The van der Waals surface area contributed by atoms with E-state index in [1.807, 2.05) is 25.1 Å². The third-order valence-corrected chi connectivity index (χ3v) is 3.15. The zero-order valence-electron chi connectivity index (χ0n) is 11.6. The number of benzene rings is 1. The number of nitrogens with zero attached hydrogens (tertiary/aromatic N) is 1. The summed E-state index contributed by atoms with van der Waals surface area (Å²) < 4.78 is 10.8. The molecule has 0 N–H and O–H groups in total. The summed E-state index contributed by atoms with van der Waals surface area (Å²) in [6.45, 7) is 6.69. The van der Waals surface area contributed by atoms with Gasteiger partial charge in [0.15, 0.2) is 0 Å². The van der Waals surface area contributed by atoms with E-state index in [4.69, 9.17) is 9.47 Å². The molecule has 0 aliphatic carbocycles. The number of para-hydroxylation sites is 1. The van der Waals surface area contributed by atoms with Crippen molar-refractivity contribution in [1.82, 2.24) is 4.90 Å². The average molecular weight is 263 g/mol. The predicted molar refractivity (Wildman–Crippen MR) is 73.1 cm³/mol. The summed E-state index contributed by atoms with van der Waals surface area (Å²) in [4.78, 5) is 13.7. The van der Waals surface area contributed by atoms with E-state index in [0.717, 1.165) is 18.8 Å². The highest BCUT2D eigenvalue weighted by atomic mass is 16.5. The molecule has 104 valence electrons. The molecule has 0 spiro atoms. The van der Waals surface area contributed by atoms with Crippen molar-refractivity contribution in [3.05, 3.63) is 29.8 Å². The van der Waals surface area contributed by atoms with Gasteiger partial charge in [-0.3, -0.25) is 9.69 Å². The number of fused-ring (bicyclic) bond motifs is 1. The SMILES string of the molecule is CCOC(=O)CCN1Cc2ccccc2OC(C)C1. The van der Waals surface area contributed by atoms with E-state index in [2.05, 4.69) is 17.9 Å². The number of carbonyl (C=O) groups excluding carboxylic acids is 1. The van der Waals surface area contributed by atoms with Crippen molar-refractivity contribution in [2.24, 2.45) is 0 Å². The van der Waals surface area contributed by atoms with Crippen molar-refractivity contribution in [1.29, 1.82) is 0 Å². The van der Waals surface area contributed by atoms with Gasteiger partial charge in [-0.2, -0.15) is 0 Å². The van der Waals surface area contributed by atoms with Gasteiger partial charge >= 0.3 is 5.97 Å². The summed E-state index contributed by atoms with van der Waals surface area (Å²) in [5.74, 6) is 0.822. The topological polar surface area (TPSA) is 38.8 Å². The van der Waals surface area contributed by atoms with Gasteiger partial charge in [0, 0.05) is 25.2 Å². The quantitative estimate of drug-likeness (QED) is 0.781. The van der Waals surface area contributed by atoms with Crippen LogP contribution < -0.4 is 4.74 Å². The van der Waals surface area contributed by atoms with Crippen molar-refractivity contribution in [2.75, 3.05) is 19.7 Å². The highest BCUT2D eigenvalue weighted by Gasteiger charge is 2.20. The second-order valence-corrected chi connectivity index (χ2v) is 4.83. The third kappa shape index (κ3) is 3.96. The molecule has 4 heteroatoms. The Morgan fingerprint density at radius 3 is 3.05 bits per heavy atom. The molecule has 0 saturated heterocycles. The highest BCUT2D eigenvalue weighted by molar-refractivity contribution is 5.69. The van der Waals surface area contributed by atoms with E-state index in [1.165, 1.54) is 5.56 Å². The first-order valence-corrected chi connectivity index (χ1v) is 6.81. The summed E-state index contributed by atoms with van der Waals surface area (Å²) in [6, 6.07) is 8.08. The van der Waals surface area contributed by atoms with E-state index in [-0.39, 0.29) is 12.1 Å². The Morgan fingerprint density at radius 2 is 2.26 bits per heavy atom. The van der Waals surface area contributed by atoms with Gasteiger partial charge in [-0.25, -0.2) is 0 Å². The molecule has 1 heterocycles. The van der Waals surface area contributed by atoms with Gasteiger partial charge in [0.25, 0.3) is 0 Å². The van der Waals surface area contributed by atoms with Crippen LogP contribution in [-0.4, -0.2) is 36.7 Å². The second kappa shape index (κ2) is 6.57. The van der Waals surface area contributed by atoms with E-state index in [9.17, 15) is 4.79 Å². The van der Waals surface area contributed by atoms with Crippen LogP contribution in [0.5, 0.6) is 5.75 Å². The van der Waals surface area contributed by atoms with Gasteiger partial charge in [-0.15, -0.1) is 0 Å². The molecular formula is C15H21NO3. The van der Waals surface area contributed by atoms with Crippen molar-refractivity contribution >= 4 is 5.97 Å². The summed E-state index contributed by atoms with van der Waals surface area (Å²) in [5, 5.41) is 0. The van der Waals surface area contributed by atoms with Gasteiger partial charge < -0.3 is 9.47 Å². The van der Waals surface area contributed by atoms with Crippen LogP contribution in [-0.2, 0) is 16.1 Å². The smallest absolute Gasteiger partial charge is 0.307 e. The van der Waals surface area contributed by atoms with Gasteiger partial charge in [-0.05, 0) is 19.9 Å². The molecule has 0 amide bonds. The molecule has 0 fully saturated rings. The van der Waals surface area contributed by atoms with Gasteiger partial charge in [0.2, 0.25) is 0 Å². The first-order chi connectivity index (χ1) is 9.19. The molecule has 19 heavy (non-hydrogen) atoms. The molecule has 1 aromatic rings. The maximum Gasteiger partial charge on any atom is 0.307 e. The van der Waals surface area contributed by atoms with Crippen molar-refractivity contribution < 1.29 is 14.3 Å². The Bertz CT molecular complexity index is 433.